The second-order valence-electron chi connectivity index (χ2n) is 5.33. The number of hydrogen-bond donors (Lipinski definition) is 1. The second kappa shape index (κ2) is 6.87. The fourth-order valence-corrected chi connectivity index (χ4v) is 2.49. The van der Waals surface area contributed by atoms with Crippen molar-refractivity contribution in [1.82, 2.24) is 14.7 Å². The number of allylic oxidation sites excluding steroid dienone is 1. The molecule has 19 heavy (non-hydrogen) atoms. The number of fused-ring (bicyclic) bond motifs is 1. The van der Waals surface area contributed by atoms with E-state index < -0.39 is 0 Å². The maximum Gasteiger partial charge on any atom is 0.0882 e. The van der Waals surface area contributed by atoms with Crippen molar-refractivity contribution in [3.8, 4) is 0 Å². The van der Waals surface area contributed by atoms with Gasteiger partial charge in [-0.25, -0.2) is 0 Å². The van der Waals surface area contributed by atoms with Crippen LogP contribution in [0.15, 0.2) is 17.7 Å². The van der Waals surface area contributed by atoms with Gasteiger partial charge < -0.3 is 5.11 Å². The van der Waals surface area contributed by atoms with Gasteiger partial charge in [-0.3, -0.25) is 9.58 Å². The highest BCUT2D eigenvalue weighted by atomic mass is 16.3. The third-order valence-corrected chi connectivity index (χ3v) is 3.80. The predicted octanol–water partition coefficient (Wildman–Crippen LogP) is 2.33. The number of aryl methyl sites for hydroxylation is 1. The standard InChI is InChI=1S/C15H25N3O/c1-3-13(2)6-4-7-17-8-5-9-18-15(11-17)10-14(12-19)16-18/h6,10,19H,3-5,7-9,11-12H2,1-2H3/b13-6+. The summed E-state index contributed by atoms with van der Waals surface area (Å²) in [7, 11) is 0. The number of aliphatic hydroxyl groups is 1. The molecule has 1 aliphatic rings. The monoisotopic (exact) mass is 263 g/mol. The average molecular weight is 263 g/mol. The molecule has 0 aromatic carbocycles. The summed E-state index contributed by atoms with van der Waals surface area (Å²) in [5, 5.41) is 13.6. The third kappa shape index (κ3) is 3.91. The fraction of sp³-hybridized carbons (Fsp3) is 0.667. The maximum atomic E-state index is 9.16. The van der Waals surface area contributed by atoms with Crippen LogP contribution in [0, 0.1) is 0 Å². The van der Waals surface area contributed by atoms with E-state index in [1.165, 1.54) is 11.3 Å². The van der Waals surface area contributed by atoms with Gasteiger partial charge in [-0.1, -0.05) is 18.6 Å². The Bertz CT molecular complexity index is 437. The highest BCUT2D eigenvalue weighted by Gasteiger charge is 2.15. The molecule has 1 aromatic heterocycles. The van der Waals surface area contributed by atoms with E-state index in [1.807, 2.05) is 6.07 Å². The number of hydrogen-bond acceptors (Lipinski definition) is 3. The van der Waals surface area contributed by atoms with Gasteiger partial charge in [0.15, 0.2) is 0 Å². The molecule has 0 atom stereocenters. The average Bonchev–Trinajstić information content (AvgIpc) is 2.71. The van der Waals surface area contributed by atoms with Crippen molar-refractivity contribution in [2.24, 2.45) is 0 Å². The van der Waals surface area contributed by atoms with Crippen molar-refractivity contribution >= 4 is 0 Å². The first kappa shape index (κ1) is 14.3. The van der Waals surface area contributed by atoms with Crippen molar-refractivity contribution < 1.29 is 5.11 Å². The Labute approximate surface area is 115 Å². The molecule has 0 saturated heterocycles. The molecule has 2 heterocycles. The Hall–Kier alpha value is -1.13. The molecular formula is C15H25N3O. The fourth-order valence-electron chi connectivity index (χ4n) is 2.49. The summed E-state index contributed by atoms with van der Waals surface area (Å²) in [6.45, 7) is 8.60. The van der Waals surface area contributed by atoms with Gasteiger partial charge in [-0.05, 0) is 32.3 Å². The van der Waals surface area contributed by atoms with E-state index >= 15 is 0 Å². The Morgan fingerprint density at radius 2 is 2.32 bits per heavy atom. The maximum absolute atomic E-state index is 9.16. The van der Waals surface area contributed by atoms with Gasteiger partial charge in [0.2, 0.25) is 0 Å². The van der Waals surface area contributed by atoms with E-state index in [0.717, 1.165) is 51.1 Å². The molecule has 0 fully saturated rings. The van der Waals surface area contributed by atoms with Crippen LogP contribution in [-0.4, -0.2) is 32.9 Å². The predicted molar refractivity (Wildman–Crippen MR) is 76.7 cm³/mol. The molecule has 0 saturated carbocycles. The zero-order valence-corrected chi connectivity index (χ0v) is 12.1. The van der Waals surface area contributed by atoms with E-state index in [9.17, 15) is 0 Å². The Morgan fingerprint density at radius 3 is 3.05 bits per heavy atom. The lowest BCUT2D eigenvalue weighted by Gasteiger charge is -2.18. The number of nitrogens with zero attached hydrogens (tertiary/aromatic N) is 3. The van der Waals surface area contributed by atoms with Crippen molar-refractivity contribution in [2.45, 2.75) is 52.8 Å². The van der Waals surface area contributed by atoms with Crippen molar-refractivity contribution in [2.75, 3.05) is 13.1 Å². The summed E-state index contributed by atoms with van der Waals surface area (Å²) in [6.07, 6.45) is 5.75. The van der Waals surface area contributed by atoms with Gasteiger partial charge in [0, 0.05) is 26.2 Å². The largest absolute Gasteiger partial charge is 0.390 e. The quantitative estimate of drug-likeness (QED) is 0.829. The molecule has 4 nitrogen and oxygen atoms in total. The zero-order valence-electron chi connectivity index (χ0n) is 12.1. The molecule has 0 aliphatic carbocycles. The van der Waals surface area contributed by atoms with Gasteiger partial charge in [0.25, 0.3) is 0 Å². The number of rotatable bonds is 5. The normalized spacial score (nSPS) is 17.3. The first-order valence-corrected chi connectivity index (χ1v) is 7.27. The first-order chi connectivity index (χ1) is 9.22. The number of aromatic nitrogens is 2. The minimum absolute atomic E-state index is 0.0401. The lowest BCUT2D eigenvalue weighted by atomic mass is 10.2. The summed E-state index contributed by atoms with van der Waals surface area (Å²) >= 11 is 0. The lowest BCUT2D eigenvalue weighted by Crippen LogP contribution is -2.24. The summed E-state index contributed by atoms with van der Waals surface area (Å²) in [4.78, 5) is 2.49. The van der Waals surface area contributed by atoms with E-state index in [2.05, 4.69) is 34.6 Å². The molecule has 1 N–H and O–H groups in total. The lowest BCUT2D eigenvalue weighted by molar-refractivity contribution is 0.270. The van der Waals surface area contributed by atoms with Crippen LogP contribution in [0.2, 0.25) is 0 Å². The van der Waals surface area contributed by atoms with E-state index in [-0.39, 0.29) is 6.61 Å². The first-order valence-electron chi connectivity index (χ1n) is 7.27. The molecule has 2 rings (SSSR count). The molecule has 106 valence electrons. The Kier molecular flexibility index (Phi) is 5.16. The van der Waals surface area contributed by atoms with Crippen molar-refractivity contribution in [3.63, 3.8) is 0 Å². The van der Waals surface area contributed by atoms with Gasteiger partial charge in [0.05, 0.1) is 18.0 Å². The molecule has 4 heteroatoms. The number of aliphatic hydroxyl groups excluding tert-OH is 1. The van der Waals surface area contributed by atoms with Crippen LogP contribution in [0.25, 0.3) is 0 Å². The molecule has 0 unspecified atom stereocenters. The molecule has 0 amide bonds. The van der Waals surface area contributed by atoms with Crippen LogP contribution < -0.4 is 0 Å². The van der Waals surface area contributed by atoms with E-state index in [1.54, 1.807) is 0 Å². The summed E-state index contributed by atoms with van der Waals surface area (Å²) in [6, 6.07) is 2.03. The summed E-state index contributed by atoms with van der Waals surface area (Å²) in [5.41, 5.74) is 3.50. The minimum Gasteiger partial charge on any atom is -0.390 e. The topological polar surface area (TPSA) is 41.3 Å². The zero-order chi connectivity index (χ0) is 13.7. The van der Waals surface area contributed by atoms with Gasteiger partial charge >= 0.3 is 0 Å². The molecule has 0 spiro atoms. The third-order valence-electron chi connectivity index (χ3n) is 3.80. The van der Waals surface area contributed by atoms with Crippen LogP contribution in [0.4, 0.5) is 0 Å². The van der Waals surface area contributed by atoms with Crippen LogP contribution in [0.5, 0.6) is 0 Å². The van der Waals surface area contributed by atoms with E-state index in [4.69, 9.17) is 5.11 Å². The van der Waals surface area contributed by atoms with Gasteiger partial charge in [0.1, 0.15) is 0 Å². The summed E-state index contributed by atoms with van der Waals surface area (Å²) in [5.74, 6) is 0. The van der Waals surface area contributed by atoms with Crippen molar-refractivity contribution in [1.29, 1.82) is 0 Å². The van der Waals surface area contributed by atoms with Crippen molar-refractivity contribution in [3.05, 3.63) is 29.1 Å². The van der Waals surface area contributed by atoms with E-state index in [0.29, 0.717) is 0 Å². The molecule has 0 radical (unpaired) electrons. The second-order valence-corrected chi connectivity index (χ2v) is 5.33. The highest BCUT2D eigenvalue weighted by molar-refractivity contribution is 5.10. The van der Waals surface area contributed by atoms with Gasteiger partial charge in [-0.15, -0.1) is 0 Å². The van der Waals surface area contributed by atoms with Crippen LogP contribution in [0.3, 0.4) is 0 Å². The Balaban J connectivity index is 1.93. The molecule has 1 aromatic rings. The smallest absolute Gasteiger partial charge is 0.0882 e. The molecule has 1 aliphatic heterocycles. The highest BCUT2D eigenvalue weighted by Crippen LogP contribution is 2.14. The summed E-state index contributed by atoms with van der Waals surface area (Å²) < 4.78 is 2.05. The van der Waals surface area contributed by atoms with Crippen LogP contribution in [0.1, 0.15) is 44.5 Å². The molecular weight excluding hydrogens is 238 g/mol. The van der Waals surface area contributed by atoms with Crippen LogP contribution >= 0.6 is 0 Å². The van der Waals surface area contributed by atoms with Gasteiger partial charge in [-0.2, -0.15) is 5.10 Å². The molecule has 0 bridgehead atoms. The van der Waals surface area contributed by atoms with Crippen LogP contribution in [-0.2, 0) is 19.7 Å². The Morgan fingerprint density at radius 1 is 1.47 bits per heavy atom. The minimum atomic E-state index is 0.0401. The SMILES string of the molecule is CC/C(C)=C/CCN1CCCn2nc(CO)cc2C1.